The topological polar surface area (TPSA) is 83.2 Å². The van der Waals surface area contributed by atoms with Crippen LogP contribution in [-0.4, -0.2) is 23.1 Å². The van der Waals surface area contributed by atoms with Crippen molar-refractivity contribution in [2.24, 2.45) is 5.92 Å². The minimum Gasteiger partial charge on any atom is -0.392 e. The third-order valence-corrected chi connectivity index (χ3v) is 7.54. The van der Waals surface area contributed by atoms with Gasteiger partial charge in [0, 0.05) is 34.8 Å². The summed E-state index contributed by atoms with van der Waals surface area (Å²) < 4.78 is 0. The van der Waals surface area contributed by atoms with E-state index in [-0.39, 0.29) is 11.5 Å². The van der Waals surface area contributed by atoms with E-state index in [2.05, 4.69) is 27.7 Å². The summed E-state index contributed by atoms with van der Waals surface area (Å²) in [5, 5.41) is 14.1. The number of thiazole rings is 1. The molecule has 9 heteroatoms. The maximum Gasteiger partial charge on any atom is 0.251 e. The Labute approximate surface area is 200 Å². The van der Waals surface area contributed by atoms with Crippen LogP contribution >= 0.6 is 34.7 Å². The number of hydrogen-bond donors (Lipinski definition) is 1. The molecule has 1 fully saturated rings. The second kappa shape index (κ2) is 9.79. The van der Waals surface area contributed by atoms with E-state index in [0.29, 0.717) is 33.0 Å². The fourth-order valence-corrected chi connectivity index (χ4v) is 5.76. The second-order valence-corrected chi connectivity index (χ2v) is 9.99. The molecule has 1 aromatic carbocycles. The summed E-state index contributed by atoms with van der Waals surface area (Å²) in [4.78, 5) is 14.9. The molecule has 0 radical (unpaired) electrons. The summed E-state index contributed by atoms with van der Waals surface area (Å²) in [6.07, 6.45) is 2.17. The first-order chi connectivity index (χ1) is 15.5. The molecule has 1 aliphatic heterocycles. The molecule has 0 saturated carbocycles. The van der Waals surface area contributed by atoms with E-state index in [1.807, 2.05) is 29.6 Å². The molecule has 4 rings (SSSR count). The van der Waals surface area contributed by atoms with E-state index in [1.165, 1.54) is 11.8 Å². The molecule has 3 aromatic rings. The van der Waals surface area contributed by atoms with E-state index in [0.717, 1.165) is 42.2 Å². The Morgan fingerprint density at radius 2 is 2.16 bits per heavy atom. The number of pyridine rings is 1. The molecule has 1 unspecified atom stereocenters. The number of aromatic nitrogens is 2. The standard InChI is InChI=1S/C23H21ClN6S2/c1-14-4-3-9-30(11-14)20-18(10-25)23(29-21(26)19(20)27-2)32-13-17-12-31-22(28-17)15-5-7-16(24)8-6-15/h5-8,12,14H,3-4,9,11,13H2,1H3,(H2,26,29). The van der Waals surface area contributed by atoms with Gasteiger partial charge in [-0.1, -0.05) is 42.4 Å². The average molecular weight is 481 g/mol. The summed E-state index contributed by atoms with van der Waals surface area (Å²) in [5.74, 6) is 1.23. The lowest BCUT2D eigenvalue weighted by Crippen LogP contribution is -2.35. The maximum atomic E-state index is 9.98. The Bertz CT molecular complexity index is 1210. The van der Waals surface area contributed by atoms with Crippen LogP contribution in [0.5, 0.6) is 0 Å². The molecule has 32 heavy (non-hydrogen) atoms. The number of nitrogen functional groups attached to an aromatic ring is 1. The van der Waals surface area contributed by atoms with Crippen LogP contribution in [0.25, 0.3) is 15.4 Å². The lowest BCUT2D eigenvalue weighted by Gasteiger charge is -2.34. The highest BCUT2D eigenvalue weighted by molar-refractivity contribution is 7.98. The Balaban J connectivity index is 1.61. The van der Waals surface area contributed by atoms with E-state index in [9.17, 15) is 5.26 Å². The predicted molar refractivity (Wildman–Crippen MR) is 132 cm³/mol. The van der Waals surface area contributed by atoms with E-state index >= 15 is 0 Å². The number of piperidine rings is 1. The van der Waals surface area contributed by atoms with E-state index < -0.39 is 0 Å². The van der Waals surface area contributed by atoms with Crippen molar-refractivity contribution in [3.05, 3.63) is 57.3 Å². The highest BCUT2D eigenvalue weighted by Gasteiger charge is 2.26. The van der Waals surface area contributed by atoms with Crippen molar-refractivity contribution in [2.45, 2.75) is 30.5 Å². The van der Waals surface area contributed by atoms with Crippen molar-refractivity contribution in [1.82, 2.24) is 9.97 Å². The molecule has 0 spiro atoms. The lowest BCUT2D eigenvalue weighted by atomic mass is 9.99. The number of hydrogen-bond acceptors (Lipinski definition) is 7. The zero-order valence-corrected chi connectivity index (χ0v) is 19.9. The first kappa shape index (κ1) is 22.4. The van der Waals surface area contributed by atoms with Crippen LogP contribution in [0.15, 0.2) is 34.7 Å². The fourth-order valence-electron chi connectivity index (χ4n) is 3.82. The molecule has 3 heterocycles. The highest BCUT2D eigenvalue weighted by atomic mass is 35.5. The van der Waals surface area contributed by atoms with Crippen molar-refractivity contribution in [3.8, 4) is 16.6 Å². The zero-order chi connectivity index (χ0) is 22.7. The molecule has 1 atom stereocenters. The minimum atomic E-state index is 0.176. The van der Waals surface area contributed by atoms with E-state index in [1.54, 1.807) is 11.3 Å². The van der Waals surface area contributed by atoms with Crippen LogP contribution in [0.3, 0.4) is 0 Å². The zero-order valence-electron chi connectivity index (χ0n) is 17.5. The molecule has 6 nitrogen and oxygen atoms in total. The van der Waals surface area contributed by atoms with Gasteiger partial charge in [-0.2, -0.15) is 5.26 Å². The van der Waals surface area contributed by atoms with Crippen molar-refractivity contribution >= 4 is 51.9 Å². The van der Waals surface area contributed by atoms with E-state index in [4.69, 9.17) is 28.9 Å². The number of rotatable bonds is 5. The molecule has 2 N–H and O–H groups in total. The van der Waals surface area contributed by atoms with Crippen LogP contribution in [0.2, 0.25) is 5.02 Å². The second-order valence-electron chi connectivity index (χ2n) is 7.73. The summed E-state index contributed by atoms with van der Waals surface area (Å²) >= 11 is 8.97. The van der Waals surface area contributed by atoms with Gasteiger partial charge in [0.1, 0.15) is 21.9 Å². The first-order valence-electron chi connectivity index (χ1n) is 10.2. The third-order valence-electron chi connectivity index (χ3n) is 5.34. The first-order valence-corrected chi connectivity index (χ1v) is 12.4. The van der Waals surface area contributed by atoms with Gasteiger partial charge in [-0.05, 0) is 30.9 Å². The highest BCUT2D eigenvalue weighted by Crippen LogP contribution is 2.43. The molecule has 2 aromatic heterocycles. The van der Waals surface area contributed by atoms with Crippen LogP contribution < -0.4 is 10.6 Å². The largest absolute Gasteiger partial charge is 0.392 e. The number of halogens is 1. The number of thioether (sulfide) groups is 1. The van der Waals surface area contributed by atoms with Gasteiger partial charge in [0.05, 0.1) is 23.5 Å². The fraction of sp³-hybridized carbons (Fsp3) is 0.304. The van der Waals surface area contributed by atoms with Gasteiger partial charge in [-0.25, -0.2) is 14.8 Å². The molecule has 162 valence electrons. The van der Waals surface area contributed by atoms with Crippen molar-refractivity contribution in [1.29, 1.82) is 5.26 Å². The van der Waals surface area contributed by atoms with Crippen molar-refractivity contribution < 1.29 is 0 Å². The lowest BCUT2D eigenvalue weighted by molar-refractivity contribution is 0.447. The average Bonchev–Trinajstić information content (AvgIpc) is 3.26. The number of nitrogens with zero attached hydrogens (tertiary/aromatic N) is 5. The summed E-state index contributed by atoms with van der Waals surface area (Å²) in [6, 6.07) is 9.89. The Hall–Kier alpha value is -2.78. The van der Waals surface area contributed by atoms with Gasteiger partial charge in [0.2, 0.25) is 0 Å². The summed E-state index contributed by atoms with van der Waals surface area (Å²) in [5.41, 5.74) is 9.41. The quantitative estimate of drug-likeness (QED) is 0.336. The van der Waals surface area contributed by atoms with Crippen LogP contribution in [-0.2, 0) is 5.75 Å². The van der Waals surface area contributed by atoms with Crippen molar-refractivity contribution in [2.75, 3.05) is 23.7 Å². The van der Waals surface area contributed by atoms with Crippen LogP contribution in [0, 0.1) is 23.8 Å². The monoisotopic (exact) mass is 480 g/mol. The van der Waals surface area contributed by atoms with Gasteiger partial charge >= 0.3 is 0 Å². The van der Waals surface area contributed by atoms with Gasteiger partial charge < -0.3 is 10.6 Å². The molecule has 0 amide bonds. The van der Waals surface area contributed by atoms with Crippen LogP contribution in [0.4, 0.5) is 17.2 Å². The maximum absolute atomic E-state index is 9.98. The SMILES string of the molecule is [C-]#[N+]c1c(N)nc(SCc2csc(-c3ccc(Cl)cc3)n2)c(C#N)c1N1CCCC(C)C1. The Morgan fingerprint density at radius 3 is 2.84 bits per heavy atom. The van der Waals surface area contributed by atoms with Crippen molar-refractivity contribution in [3.63, 3.8) is 0 Å². The molecule has 1 aliphatic rings. The van der Waals surface area contributed by atoms with Gasteiger partial charge in [0.25, 0.3) is 5.69 Å². The number of benzene rings is 1. The Kier molecular flexibility index (Phi) is 6.86. The molecule has 0 aliphatic carbocycles. The Morgan fingerprint density at radius 1 is 1.38 bits per heavy atom. The number of nitriles is 1. The van der Waals surface area contributed by atoms with Gasteiger partial charge in [-0.3, -0.25) is 0 Å². The third kappa shape index (κ3) is 4.68. The molecular weight excluding hydrogens is 460 g/mol. The normalized spacial score (nSPS) is 15.9. The van der Waals surface area contributed by atoms with Gasteiger partial charge in [-0.15, -0.1) is 11.3 Å². The summed E-state index contributed by atoms with van der Waals surface area (Å²) in [7, 11) is 0. The minimum absolute atomic E-state index is 0.176. The molecule has 0 bridgehead atoms. The van der Waals surface area contributed by atoms with Crippen LogP contribution in [0.1, 0.15) is 31.0 Å². The number of anilines is 2. The smallest absolute Gasteiger partial charge is 0.251 e. The predicted octanol–water partition coefficient (Wildman–Crippen LogP) is 6.39. The molecule has 1 saturated heterocycles. The van der Waals surface area contributed by atoms with Gasteiger partial charge in [0.15, 0.2) is 0 Å². The number of nitrogens with two attached hydrogens (primary N) is 1. The summed E-state index contributed by atoms with van der Waals surface area (Å²) in [6.45, 7) is 11.4. The molecular formula is C23H21ClN6S2.